The van der Waals surface area contributed by atoms with Gasteiger partial charge in [-0.1, -0.05) is 5.92 Å². The summed E-state index contributed by atoms with van der Waals surface area (Å²) >= 11 is 0. The first-order valence-electron chi connectivity index (χ1n) is 11.3. The zero-order valence-electron chi connectivity index (χ0n) is 18.5. The van der Waals surface area contributed by atoms with Gasteiger partial charge in [-0.15, -0.1) is 0 Å². The van der Waals surface area contributed by atoms with Crippen LogP contribution in [0.5, 0.6) is 0 Å². The van der Waals surface area contributed by atoms with Gasteiger partial charge in [0, 0.05) is 19.6 Å². The normalized spacial score (nSPS) is 29.6. The fourth-order valence-corrected chi connectivity index (χ4v) is 4.53. The van der Waals surface area contributed by atoms with Crippen LogP contribution in [0.2, 0.25) is 0 Å². The van der Waals surface area contributed by atoms with Crippen molar-refractivity contribution >= 4 is 23.4 Å². The smallest absolute Gasteiger partial charge is 0.211 e. The molecule has 5 N–H and O–H groups in total. The lowest BCUT2D eigenvalue weighted by Gasteiger charge is -2.25. The molecule has 0 aromatic carbocycles. The Balaban J connectivity index is 1.54. The quantitative estimate of drug-likeness (QED) is 0.345. The van der Waals surface area contributed by atoms with Crippen LogP contribution in [0, 0.1) is 23.7 Å². The molecule has 1 aliphatic carbocycles. The van der Waals surface area contributed by atoms with E-state index in [9.17, 15) is 20.1 Å². The minimum absolute atomic E-state index is 0.152. The molecule has 1 saturated heterocycles. The number of nitrogens with zero attached hydrogens (tertiary/aromatic N) is 5. The average Bonchev–Trinajstić information content (AvgIpc) is 3.37. The van der Waals surface area contributed by atoms with E-state index >= 15 is 0 Å². The van der Waals surface area contributed by atoms with E-state index in [1.54, 1.807) is 6.92 Å². The van der Waals surface area contributed by atoms with E-state index in [0.717, 1.165) is 32.1 Å². The van der Waals surface area contributed by atoms with Gasteiger partial charge in [-0.05, 0) is 50.4 Å². The molecule has 1 aliphatic heterocycles. The number of aliphatic hydroxyl groups is 3. The molecular formula is C22H30N6O5. The summed E-state index contributed by atoms with van der Waals surface area (Å²) < 4.78 is 7.28. The Morgan fingerprint density at radius 2 is 1.97 bits per heavy atom. The van der Waals surface area contributed by atoms with E-state index in [1.165, 1.54) is 15.8 Å². The Morgan fingerprint density at radius 1 is 1.24 bits per heavy atom. The van der Waals surface area contributed by atoms with E-state index in [4.69, 9.17) is 10.5 Å². The van der Waals surface area contributed by atoms with E-state index in [0.29, 0.717) is 36.0 Å². The van der Waals surface area contributed by atoms with Crippen molar-refractivity contribution in [3.8, 4) is 11.8 Å². The largest absolute Gasteiger partial charge is 0.396 e. The zero-order valence-corrected chi connectivity index (χ0v) is 18.5. The summed E-state index contributed by atoms with van der Waals surface area (Å²) in [6, 6.07) is 0. The summed E-state index contributed by atoms with van der Waals surface area (Å²) in [6.45, 7) is 2.31. The molecule has 11 nitrogen and oxygen atoms in total. The zero-order chi connectivity index (χ0) is 23.5. The molecule has 0 bridgehead atoms. The van der Waals surface area contributed by atoms with Crippen LogP contribution in [0.1, 0.15) is 51.1 Å². The molecule has 3 heterocycles. The van der Waals surface area contributed by atoms with Crippen LogP contribution in [0.3, 0.4) is 0 Å². The topological polar surface area (TPSA) is 160 Å². The lowest BCUT2D eigenvalue weighted by Crippen LogP contribution is -2.43. The Labute approximate surface area is 191 Å². The summed E-state index contributed by atoms with van der Waals surface area (Å²) in [5, 5.41) is 30.3. The molecule has 1 saturated carbocycles. The number of likely N-dealkylation sites (N-methyl/N-ethyl adjacent to an activating group) is 1. The van der Waals surface area contributed by atoms with Gasteiger partial charge in [0.2, 0.25) is 12.2 Å². The number of fused-ring (bicyclic) bond motifs is 1. The SMILES string of the molecule is CCN(C=O)[C@@H]1O[C@H](n2cnc3c(N)nc(C#CCC4CCC(CO)CC4)nc32)[C@@H](O)[C@H]1O. The number of hydrogen-bond donors (Lipinski definition) is 4. The number of ether oxygens (including phenoxy) is 1. The van der Waals surface area contributed by atoms with Crippen molar-refractivity contribution in [2.75, 3.05) is 18.9 Å². The molecule has 2 aromatic heterocycles. The molecule has 178 valence electrons. The van der Waals surface area contributed by atoms with Gasteiger partial charge in [0.05, 0.1) is 6.33 Å². The van der Waals surface area contributed by atoms with Gasteiger partial charge < -0.3 is 30.7 Å². The predicted molar refractivity (Wildman–Crippen MR) is 118 cm³/mol. The lowest BCUT2D eigenvalue weighted by atomic mass is 9.81. The third-order valence-corrected chi connectivity index (χ3v) is 6.58. The molecule has 2 aromatic rings. The second kappa shape index (κ2) is 10.0. The van der Waals surface area contributed by atoms with Crippen LogP contribution >= 0.6 is 0 Å². The van der Waals surface area contributed by atoms with Crippen LogP contribution in [0.25, 0.3) is 11.2 Å². The molecule has 11 heteroatoms. The first-order valence-corrected chi connectivity index (χ1v) is 11.3. The number of amides is 1. The minimum atomic E-state index is -1.30. The average molecular weight is 459 g/mol. The second-order valence-electron chi connectivity index (χ2n) is 8.67. The van der Waals surface area contributed by atoms with Crippen molar-refractivity contribution in [3.05, 3.63) is 12.2 Å². The molecule has 0 radical (unpaired) electrons. The number of anilines is 1. The maximum atomic E-state index is 11.3. The number of nitrogens with two attached hydrogens (primary N) is 1. The molecule has 4 atom stereocenters. The van der Waals surface area contributed by atoms with Gasteiger partial charge in [0.1, 0.15) is 17.7 Å². The molecule has 0 spiro atoms. The third kappa shape index (κ3) is 4.65. The molecule has 2 aliphatic rings. The standard InChI is InChI=1S/C22H30N6O5/c1-2-27(12-30)21-17(31)18(32)22(33-21)28-11-24-16-19(23)25-15(26-20(16)28)5-3-4-13-6-8-14(10-29)9-7-13/h11-14,17-18,21-22,29,31-32H,2,4,6-10H2,1H3,(H2,23,25,26)/t13?,14?,17-,18+,21-,22+/m1/s1. The summed E-state index contributed by atoms with van der Waals surface area (Å²) in [6.07, 6.45) is 2.22. The second-order valence-corrected chi connectivity index (χ2v) is 8.67. The van der Waals surface area contributed by atoms with Gasteiger partial charge in [-0.2, -0.15) is 0 Å². The van der Waals surface area contributed by atoms with Gasteiger partial charge >= 0.3 is 0 Å². The molecule has 0 unspecified atom stereocenters. The number of rotatable bonds is 6. The monoisotopic (exact) mass is 458 g/mol. The van der Waals surface area contributed by atoms with Crippen molar-refractivity contribution < 1.29 is 24.9 Å². The number of carbonyl (C=O) groups excluding carboxylic acids is 1. The highest BCUT2D eigenvalue weighted by molar-refractivity contribution is 5.82. The number of imidazole rings is 1. The number of aromatic nitrogens is 4. The highest BCUT2D eigenvalue weighted by atomic mass is 16.6. The van der Waals surface area contributed by atoms with E-state index < -0.39 is 24.7 Å². The molecule has 2 fully saturated rings. The Morgan fingerprint density at radius 3 is 2.64 bits per heavy atom. The van der Waals surface area contributed by atoms with Crippen LogP contribution in [0.4, 0.5) is 5.82 Å². The van der Waals surface area contributed by atoms with Crippen molar-refractivity contribution in [2.24, 2.45) is 11.8 Å². The first kappa shape index (κ1) is 23.4. The van der Waals surface area contributed by atoms with Crippen molar-refractivity contribution in [1.82, 2.24) is 24.4 Å². The maximum Gasteiger partial charge on any atom is 0.211 e. The first-order chi connectivity index (χ1) is 16.0. The summed E-state index contributed by atoms with van der Waals surface area (Å²) in [5.41, 5.74) is 6.72. The molecule has 4 rings (SSSR count). The fraction of sp³-hybridized carbons (Fsp3) is 0.636. The number of nitrogen functional groups attached to an aromatic ring is 1. The van der Waals surface area contributed by atoms with Crippen molar-refractivity contribution in [2.45, 2.75) is 63.7 Å². The predicted octanol–water partition coefficient (Wildman–Crippen LogP) is 0.00380. The fourth-order valence-electron chi connectivity index (χ4n) is 4.53. The van der Waals surface area contributed by atoms with E-state index in [-0.39, 0.29) is 18.2 Å². The highest BCUT2D eigenvalue weighted by Crippen LogP contribution is 2.33. The van der Waals surface area contributed by atoms with Crippen LogP contribution < -0.4 is 5.73 Å². The van der Waals surface area contributed by atoms with Gasteiger partial charge in [0.15, 0.2) is 23.9 Å². The minimum Gasteiger partial charge on any atom is -0.396 e. The van der Waals surface area contributed by atoms with Gasteiger partial charge in [-0.25, -0.2) is 15.0 Å². The van der Waals surface area contributed by atoms with E-state index in [2.05, 4.69) is 26.8 Å². The number of carbonyl (C=O) groups is 1. The van der Waals surface area contributed by atoms with E-state index in [1.807, 2.05) is 0 Å². The van der Waals surface area contributed by atoms with Crippen molar-refractivity contribution in [1.29, 1.82) is 0 Å². The highest BCUT2D eigenvalue weighted by Gasteiger charge is 2.46. The van der Waals surface area contributed by atoms with Gasteiger partial charge in [-0.3, -0.25) is 9.36 Å². The maximum absolute atomic E-state index is 11.3. The summed E-state index contributed by atoms with van der Waals surface area (Å²) in [4.78, 5) is 25.5. The Bertz CT molecular complexity index is 1040. The third-order valence-electron chi connectivity index (χ3n) is 6.58. The van der Waals surface area contributed by atoms with Crippen LogP contribution in [-0.4, -0.2) is 77.7 Å². The van der Waals surface area contributed by atoms with Crippen molar-refractivity contribution in [3.63, 3.8) is 0 Å². The molecule has 33 heavy (non-hydrogen) atoms. The Kier molecular flexibility index (Phi) is 7.09. The summed E-state index contributed by atoms with van der Waals surface area (Å²) in [7, 11) is 0. The summed E-state index contributed by atoms with van der Waals surface area (Å²) in [5.74, 6) is 7.40. The number of hydrogen-bond acceptors (Lipinski definition) is 9. The Hall–Kier alpha value is -2.78. The lowest BCUT2D eigenvalue weighted by molar-refractivity contribution is -0.141. The van der Waals surface area contributed by atoms with Crippen LogP contribution in [0.15, 0.2) is 6.33 Å². The van der Waals surface area contributed by atoms with Gasteiger partial charge in [0.25, 0.3) is 0 Å². The molecule has 1 amide bonds. The number of aliphatic hydroxyl groups excluding tert-OH is 3. The van der Waals surface area contributed by atoms with Crippen LogP contribution in [-0.2, 0) is 9.53 Å². The molecular weight excluding hydrogens is 428 g/mol.